The van der Waals surface area contributed by atoms with E-state index in [4.69, 9.17) is 0 Å². The first-order chi connectivity index (χ1) is 26.1. The molecule has 2 heterocycles. The van der Waals surface area contributed by atoms with Crippen LogP contribution < -0.4 is 14.2 Å². The second kappa shape index (κ2) is 13.6. The summed E-state index contributed by atoms with van der Waals surface area (Å²) in [7, 11) is 0. The average molecular weight is 951 g/mol. The molecule has 0 spiro atoms. The molecule has 344 valence electrons. The SMILES string of the molecule is FC(F)(F)C(F)(F)C(F)(F)C(F)(F)C(F)(F)C(F)(F)C(F)(F)Oc1ccc(-c2ccc3c(c2)OC(C(F)(F)C(F)(F)C(F)(F)C(F)(F)C(F)(F)C(F)(F)C(F)(F)F)O3)cn1. The zero-order valence-electron chi connectivity index (χ0n) is 26.6. The van der Waals surface area contributed by atoms with E-state index in [0.29, 0.717) is 6.07 Å². The van der Waals surface area contributed by atoms with Crippen molar-refractivity contribution in [3.05, 3.63) is 36.5 Å². The number of hydrogen-bond acceptors (Lipinski definition) is 4. The fraction of sp³-hybridized carbons (Fsp3) is 0.577. The first kappa shape index (κ1) is 50.0. The molecular weight excluding hydrogens is 944 g/mol. The first-order valence-corrected chi connectivity index (χ1v) is 13.9. The van der Waals surface area contributed by atoms with Gasteiger partial charge in [-0.25, -0.2) is 4.98 Å². The van der Waals surface area contributed by atoms with Crippen LogP contribution in [0.3, 0.4) is 0 Å². The quantitative estimate of drug-likeness (QED) is 0.177. The smallest absolute Gasteiger partial charge is 0.445 e. The molecule has 0 saturated carbocycles. The molecule has 0 amide bonds. The van der Waals surface area contributed by atoms with E-state index in [2.05, 4.69) is 19.2 Å². The monoisotopic (exact) mass is 951 g/mol. The third-order valence-corrected chi connectivity index (χ3v) is 7.66. The minimum atomic E-state index is -8.68. The Balaban J connectivity index is 1.90. The van der Waals surface area contributed by atoms with Crippen LogP contribution >= 0.6 is 0 Å². The van der Waals surface area contributed by atoms with Gasteiger partial charge in [0.1, 0.15) is 0 Å². The Morgan fingerprint density at radius 1 is 0.383 bits per heavy atom. The predicted octanol–water partition coefficient (Wildman–Crippen LogP) is 11.9. The lowest BCUT2D eigenvalue weighted by molar-refractivity contribution is -0.465. The largest absolute Gasteiger partial charge is 0.472 e. The Hall–Kier alpha value is -4.33. The van der Waals surface area contributed by atoms with Crippen LogP contribution in [0.5, 0.6) is 17.4 Å². The van der Waals surface area contributed by atoms with Gasteiger partial charge in [-0.1, -0.05) is 6.07 Å². The number of fused-ring (bicyclic) bond motifs is 1. The maximum atomic E-state index is 14.6. The Bertz CT molecular complexity index is 1900. The van der Waals surface area contributed by atoms with Crippen LogP contribution in [0.4, 0.5) is 132 Å². The summed E-state index contributed by atoms with van der Waals surface area (Å²) in [6.45, 7) is 0. The fourth-order valence-electron chi connectivity index (χ4n) is 4.17. The molecule has 2 aromatic rings. The highest BCUT2D eigenvalue weighted by Gasteiger charge is 2.96. The van der Waals surface area contributed by atoms with Gasteiger partial charge in [-0.05, 0) is 23.8 Å². The van der Waals surface area contributed by atoms with Gasteiger partial charge in [0.25, 0.3) is 0 Å². The van der Waals surface area contributed by atoms with E-state index >= 15 is 0 Å². The van der Waals surface area contributed by atoms with Crippen LogP contribution in [-0.2, 0) is 0 Å². The summed E-state index contributed by atoms with van der Waals surface area (Å²) in [5.41, 5.74) is -1.54. The molecule has 1 atom stereocenters. The molecule has 1 aromatic heterocycles. The van der Waals surface area contributed by atoms with Gasteiger partial charge in [0.2, 0.25) is 5.88 Å². The second-order valence-electron chi connectivity index (χ2n) is 11.6. The van der Waals surface area contributed by atoms with Crippen molar-refractivity contribution in [2.75, 3.05) is 0 Å². The molecule has 0 radical (unpaired) electrons. The third kappa shape index (κ3) is 6.65. The molecule has 1 aromatic carbocycles. The van der Waals surface area contributed by atoms with E-state index in [1.54, 1.807) is 0 Å². The number of nitrogens with zero attached hydrogens (tertiary/aromatic N) is 1. The lowest BCUT2D eigenvalue weighted by Crippen LogP contribution is -2.74. The molecule has 0 N–H and O–H groups in total. The summed E-state index contributed by atoms with van der Waals surface area (Å²) in [4.78, 5) is 2.68. The minimum absolute atomic E-state index is 0.00560. The molecule has 1 aliphatic heterocycles. The van der Waals surface area contributed by atoms with Crippen molar-refractivity contribution in [1.82, 2.24) is 4.98 Å². The van der Waals surface area contributed by atoms with Crippen molar-refractivity contribution >= 4 is 0 Å². The molecule has 1 aliphatic rings. The minimum Gasteiger partial charge on any atom is -0.445 e. The topological polar surface area (TPSA) is 40.6 Å². The van der Waals surface area contributed by atoms with E-state index in [9.17, 15) is 132 Å². The molecule has 0 saturated heterocycles. The zero-order valence-corrected chi connectivity index (χ0v) is 26.6. The Kier molecular flexibility index (Phi) is 11.3. The van der Waals surface area contributed by atoms with Crippen molar-refractivity contribution < 1.29 is 146 Å². The van der Waals surface area contributed by atoms with Gasteiger partial charge in [-0.2, -0.15) is 132 Å². The molecule has 4 nitrogen and oxygen atoms in total. The Labute approximate surface area is 306 Å². The summed E-state index contributed by atoms with van der Waals surface area (Å²) in [5.74, 6) is -96.6. The molecule has 34 heteroatoms. The van der Waals surface area contributed by atoms with E-state index in [1.165, 1.54) is 0 Å². The summed E-state index contributed by atoms with van der Waals surface area (Å²) in [5, 5.41) is 0. The number of rotatable bonds is 14. The zero-order chi connectivity index (χ0) is 47.5. The summed E-state index contributed by atoms with van der Waals surface area (Å²) in [6.07, 6.45) is -27.5. The number of pyridine rings is 1. The summed E-state index contributed by atoms with van der Waals surface area (Å²) >= 11 is 0. The van der Waals surface area contributed by atoms with E-state index in [0.717, 1.165) is 0 Å². The molecule has 0 aliphatic carbocycles. The van der Waals surface area contributed by atoms with E-state index in [1.807, 2.05) is 0 Å². The Morgan fingerprint density at radius 3 is 1.12 bits per heavy atom. The van der Waals surface area contributed by atoms with Crippen LogP contribution in [0, 0.1) is 0 Å². The van der Waals surface area contributed by atoms with Crippen molar-refractivity contribution in [2.45, 2.75) is 89.9 Å². The predicted molar refractivity (Wildman–Crippen MR) is 127 cm³/mol. The number of benzene rings is 1. The summed E-state index contributed by atoms with van der Waals surface area (Å²) < 4.78 is 415. The number of alkyl halides is 30. The van der Waals surface area contributed by atoms with E-state index in [-0.39, 0.29) is 30.5 Å². The van der Waals surface area contributed by atoms with Gasteiger partial charge in [-0.15, -0.1) is 0 Å². The Morgan fingerprint density at radius 2 is 0.733 bits per heavy atom. The second-order valence-corrected chi connectivity index (χ2v) is 11.6. The molecule has 0 bridgehead atoms. The molecule has 60 heavy (non-hydrogen) atoms. The molecular formula is C26H7F30NO3. The van der Waals surface area contributed by atoms with Crippen LogP contribution in [0.2, 0.25) is 0 Å². The van der Waals surface area contributed by atoms with E-state index < -0.39 is 118 Å². The van der Waals surface area contributed by atoms with Gasteiger partial charge in [0, 0.05) is 17.8 Å². The van der Waals surface area contributed by atoms with Gasteiger partial charge < -0.3 is 14.2 Å². The van der Waals surface area contributed by atoms with Crippen LogP contribution in [0.1, 0.15) is 0 Å². The number of halogens is 30. The maximum Gasteiger partial charge on any atom is 0.472 e. The van der Waals surface area contributed by atoms with Crippen molar-refractivity contribution in [3.63, 3.8) is 0 Å². The van der Waals surface area contributed by atoms with Gasteiger partial charge in [-0.3, -0.25) is 0 Å². The highest BCUT2D eigenvalue weighted by atomic mass is 19.4. The maximum absolute atomic E-state index is 14.6. The van der Waals surface area contributed by atoms with Gasteiger partial charge in [0.15, 0.2) is 11.5 Å². The van der Waals surface area contributed by atoms with Crippen LogP contribution in [0.15, 0.2) is 36.5 Å². The van der Waals surface area contributed by atoms with Crippen LogP contribution in [0.25, 0.3) is 11.1 Å². The summed E-state index contributed by atoms with van der Waals surface area (Å²) in [6, 6.07) is 0.879. The van der Waals surface area contributed by atoms with Gasteiger partial charge in [0.05, 0.1) is 0 Å². The lowest BCUT2D eigenvalue weighted by Gasteiger charge is -2.41. The van der Waals surface area contributed by atoms with Crippen LogP contribution in [-0.4, -0.2) is 94.9 Å². The van der Waals surface area contributed by atoms with Crippen molar-refractivity contribution in [2.24, 2.45) is 0 Å². The first-order valence-electron chi connectivity index (χ1n) is 13.9. The standard InChI is InChI=1S/C26H7F30NO3/c27-13(28,14(29,30)15(31,32)16(33,34)18(37,38)21(43,44)24(49,50)51)12-58-9-3-1-7(5-10(9)59-12)8-2-4-11(57-6-8)60-26(55,56)23(47,48)20(41,42)17(35,36)19(39,40)22(45,46)25(52,53)54/h1-6,12H. The number of aromatic nitrogens is 1. The molecule has 3 rings (SSSR count). The molecule has 0 fully saturated rings. The van der Waals surface area contributed by atoms with Gasteiger partial charge >= 0.3 is 89.9 Å². The highest BCUT2D eigenvalue weighted by Crippen LogP contribution is 2.65. The van der Waals surface area contributed by atoms with Crippen molar-refractivity contribution in [1.29, 1.82) is 0 Å². The normalized spacial score (nSPS) is 17.6. The number of ether oxygens (including phenoxy) is 3. The highest BCUT2D eigenvalue weighted by molar-refractivity contribution is 5.67. The molecule has 1 unspecified atom stereocenters. The van der Waals surface area contributed by atoms with Crippen molar-refractivity contribution in [3.8, 4) is 28.5 Å². The fourth-order valence-corrected chi connectivity index (χ4v) is 4.17. The lowest BCUT2D eigenvalue weighted by atomic mass is 9.91. The third-order valence-electron chi connectivity index (χ3n) is 7.66. The number of hydrogen-bond donors (Lipinski definition) is 0. The average Bonchev–Trinajstić information content (AvgIpc) is 3.51.